The molecule has 7 nitrogen and oxygen atoms in total. The molecule has 0 aliphatic heterocycles. The number of aromatic nitrogens is 2. The minimum atomic E-state index is -1.02. The number of carboxylic acid groups (broad SMARTS) is 1. The Labute approximate surface area is 128 Å². The van der Waals surface area contributed by atoms with Crippen LogP contribution in [-0.4, -0.2) is 44.9 Å². The highest BCUT2D eigenvalue weighted by molar-refractivity contribution is 7.98. The molecule has 0 aliphatic carbocycles. The maximum absolute atomic E-state index is 11.8. The maximum Gasteiger partial charge on any atom is 0.326 e. The van der Waals surface area contributed by atoms with Crippen LogP contribution in [-0.2, 0) is 24.8 Å². The van der Waals surface area contributed by atoms with Crippen molar-refractivity contribution in [1.82, 2.24) is 20.4 Å². The molecule has 1 unspecified atom stereocenters. The third kappa shape index (κ3) is 5.66. The molecule has 1 aromatic heterocycles. The topological polar surface area (TPSA) is 96.3 Å². The van der Waals surface area contributed by atoms with Crippen LogP contribution >= 0.6 is 11.8 Å². The van der Waals surface area contributed by atoms with E-state index < -0.39 is 18.0 Å². The third-order valence-electron chi connectivity index (χ3n) is 2.98. The van der Waals surface area contributed by atoms with Crippen molar-refractivity contribution in [3.05, 3.63) is 17.5 Å². The van der Waals surface area contributed by atoms with Crippen LogP contribution in [0.1, 0.15) is 24.6 Å². The lowest BCUT2D eigenvalue weighted by molar-refractivity contribution is -0.139. The van der Waals surface area contributed by atoms with Gasteiger partial charge in [0.2, 0.25) is 0 Å². The van der Waals surface area contributed by atoms with Crippen LogP contribution in [0.5, 0.6) is 0 Å². The van der Waals surface area contributed by atoms with Crippen molar-refractivity contribution in [2.45, 2.75) is 32.4 Å². The largest absolute Gasteiger partial charge is 0.480 e. The molecule has 3 N–H and O–H groups in total. The molecule has 0 radical (unpaired) electrons. The first-order chi connectivity index (χ1) is 9.97. The van der Waals surface area contributed by atoms with E-state index in [0.717, 1.165) is 17.7 Å². The van der Waals surface area contributed by atoms with Gasteiger partial charge in [-0.3, -0.25) is 4.68 Å². The van der Waals surface area contributed by atoms with E-state index in [-0.39, 0.29) is 0 Å². The summed E-state index contributed by atoms with van der Waals surface area (Å²) in [6, 6.07) is -1.34. The number of carboxylic acids is 1. The molecule has 0 saturated carbocycles. The molecule has 0 fully saturated rings. The van der Waals surface area contributed by atoms with Crippen molar-refractivity contribution in [1.29, 1.82) is 0 Å². The van der Waals surface area contributed by atoms with E-state index >= 15 is 0 Å². The molecule has 1 rings (SSSR count). The van der Waals surface area contributed by atoms with Crippen LogP contribution in [0, 0.1) is 0 Å². The van der Waals surface area contributed by atoms with Crippen molar-refractivity contribution in [2.75, 3.05) is 12.0 Å². The molecule has 118 valence electrons. The molecule has 0 bridgehead atoms. The fourth-order valence-electron chi connectivity index (χ4n) is 1.91. The number of aliphatic carboxylic acids is 1. The molecule has 0 spiro atoms. The van der Waals surface area contributed by atoms with Crippen LogP contribution in [0.15, 0.2) is 6.20 Å². The van der Waals surface area contributed by atoms with Gasteiger partial charge in [0.25, 0.3) is 0 Å². The second kappa shape index (κ2) is 8.56. The Hall–Kier alpha value is -1.70. The Morgan fingerprint density at radius 1 is 1.52 bits per heavy atom. The molecule has 1 atom stereocenters. The molecule has 0 aromatic carbocycles. The average Bonchev–Trinajstić information content (AvgIpc) is 2.81. The van der Waals surface area contributed by atoms with E-state index in [1.165, 1.54) is 0 Å². The van der Waals surface area contributed by atoms with Crippen molar-refractivity contribution >= 4 is 23.8 Å². The summed E-state index contributed by atoms with van der Waals surface area (Å²) in [5.74, 6) is -0.338. The number of hydrogen-bond donors (Lipinski definition) is 3. The van der Waals surface area contributed by atoms with E-state index in [0.29, 0.717) is 18.7 Å². The second-order valence-electron chi connectivity index (χ2n) is 4.63. The molecular formula is C13H22N4O3S. The molecule has 0 saturated heterocycles. The number of amides is 2. The van der Waals surface area contributed by atoms with Gasteiger partial charge in [0.1, 0.15) is 6.04 Å². The predicted octanol–water partition coefficient (Wildman–Crippen LogP) is 0.988. The van der Waals surface area contributed by atoms with Gasteiger partial charge in [0.15, 0.2) is 0 Å². The number of aryl methyl sites for hydroxylation is 2. The number of carbonyl (C=O) groups is 2. The molecule has 8 heteroatoms. The zero-order valence-electron chi connectivity index (χ0n) is 12.5. The Kier molecular flexibility index (Phi) is 7.07. The van der Waals surface area contributed by atoms with Crippen molar-refractivity contribution in [2.24, 2.45) is 7.05 Å². The van der Waals surface area contributed by atoms with Crippen LogP contribution in [0.2, 0.25) is 0 Å². The summed E-state index contributed by atoms with van der Waals surface area (Å²) >= 11 is 1.55. The zero-order valence-corrected chi connectivity index (χ0v) is 13.4. The fourth-order valence-corrected chi connectivity index (χ4v) is 2.38. The first kappa shape index (κ1) is 17.4. The van der Waals surface area contributed by atoms with E-state index in [1.54, 1.807) is 16.4 Å². The summed E-state index contributed by atoms with van der Waals surface area (Å²) in [7, 11) is 1.83. The van der Waals surface area contributed by atoms with Crippen LogP contribution in [0.4, 0.5) is 4.79 Å². The lowest BCUT2D eigenvalue weighted by Gasteiger charge is -2.14. The van der Waals surface area contributed by atoms with Crippen LogP contribution in [0.25, 0.3) is 0 Å². The summed E-state index contributed by atoms with van der Waals surface area (Å²) < 4.78 is 1.70. The molecule has 1 aromatic rings. The lowest BCUT2D eigenvalue weighted by atomic mass is 10.2. The minimum Gasteiger partial charge on any atom is -0.480 e. The number of urea groups is 1. The SMILES string of the molecule is CCc1nn(C)cc1CNC(=O)NC(CCSC)C(=O)O. The fraction of sp³-hybridized carbons (Fsp3) is 0.615. The minimum absolute atomic E-state index is 0.331. The van der Waals surface area contributed by atoms with Gasteiger partial charge in [0, 0.05) is 25.4 Å². The van der Waals surface area contributed by atoms with Gasteiger partial charge in [-0.2, -0.15) is 16.9 Å². The van der Waals surface area contributed by atoms with E-state index in [2.05, 4.69) is 15.7 Å². The molecule has 21 heavy (non-hydrogen) atoms. The normalized spacial score (nSPS) is 12.0. The van der Waals surface area contributed by atoms with Crippen molar-refractivity contribution in [3.8, 4) is 0 Å². The van der Waals surface area contributed by atoms with Crippen LogP contribution < -0.4 is 10.6 Å². The lowest BCUT2D eigenvalue weighted by Crippen LogP contribution is -2.46. The number of nitrogens with zero attached hydrogens (tertiary/aromatic N) is 2. The highest BCUT2D eigenvalue weighted by atomic mass is 32.2. The standard InChI is InChI=1S/C13H22N4O3S/c1-4-10-9(8-17(2)16-10)7-14-13(20)15-11(12(18)19)5-6-21-3/h8,11H,4-7H2,1-3H3,(H,18,19)(H2,14,15,20). The summed E-state index contributed by atoms with van der Waals surface area (Å²) in [4.78, 5) is 22.8. The summed E-state index contributed by atoms with van der Waals surface area (Å²) in [6.45, 7) is 2.33. The van der Waals surface area contributed by atoms with Gasteiger partial charge in [-0.05, 0) is 24.9 Å². The highest BCUT2D eigenvalue weighted by Crippen LogP contribution is 2.06. The van der Waals surface area contributed by atoms with Gasteiger partial charge in [-0.25, -0.2) is 9.59 Å². The smallest absolute Gasteiger partial charge is 0.326 e. The summed E-state index contributed by atoms with van der Waals surface area (Å²) in [6.07, 6.45) is 4.93. The number of rotatable bonds is 8. The highest BCUT2D eigenvalue weighted by Gasteiger charge is 2.19. The Morgan fingerprint density at radius 2 is 2.24 bits per heavy atom. The van der Waals surface area contributed by atoms with Crippen LogP contribution in [0.3, 0.4) is 0 Å². The van der Waals surface area contributed by atoms with Gasteiger partial charge >= 0.3 is 12.0 Å². The van der Waals surface area contributed by atoms with Gasteiger partial charge in [0.05, 0.1) is 5.69 Å². The second-order valence-corrected chi connectivity index (χ2v) is 5.61. The molecular weight excluding hydrogens is 292 g/mol. The van der Waals surface area contributed by atoms with Gasteiger partial charge in [-0.15, -0.1) is 0 Å². The van der Waals surface area contributed by atoms with Crippen molar-refractivity contribution < 1.29 is 14.7 Å². The maximum atomic E-state index is 11.8. The number of hydrogen-bond acceptors (Lipinski definition) is 4. The number of carbonyl (C=O) groups excluding carboxylic acids is 1. The number of nitrogens with one attached hydrogen (secondary N) is 2. The van der Waals surface area contributed by atoms with Crippen molar-refractivity contribution in [3.63, 3.8) is 0 Å². The molecule has 0 aliphatic rings. The first-order valence-electron chi connectivity index (χ1n) is 6.75. The number of thioether (sulfide) groups is 1. The Bertz CT molecular complexity index is 490. The molecule has 1 heterocycles. The Balaban J connectivity index is 2.50. The first-order valence-corrected chi connectivity index (χ1v) is 8.14. The van der Waals surface area contributed by atoms with E-state index in [9.17, 15) is 9.59 Å². The summed E-state index contributed by atoms with van der Waals surface area (Å²) in [5.41, 5.74) is 1.86. The Morgan fingerprint density at radius 3 is 2.81 bits per heavy atom. The van der Waals surface area contributed by atoms with Gasteiger partial charge in [-0.1, -0.05) is 6.92 Å². The quantitative estimate of drug-likeness (QED) is 0.665. The zero-order chi connectivity index (χ0) is 15.8. The predicted molar refractivity (Wildman–Crippen MR) is 82.4 cm³/mol. The summed E-state index contributed by atoms with van der Waals surface area (Å²) in [5, 5.41) is 18.5. The van der Waals surface area contributed by atoms with E-state index in [4.69, 9.17) is 5.11 Å². The monoisotopic (exact) mass is 314 g/mol. The van der Waals surface area contributed by atoms with Gasteiger partial charge < -0.3 is 15.7 Å². The molecule has 2 amide bonds. The van der Waals surface area contributed by atoms with E-state index in [1.807, 2.05) is 26.4 Å². The average molecular weight is 314 g/mol. The third-order valence-corrected chi connectivity index (χ3v) is 3.62.